The van der Waals surface area contributed by atoms with Gasteiger partial charge in [0, 0.05) is 26.2 Å². The van der Waals surface area contributed by atoms with Gasteiger partial charge in [0.1, 0.15) is 0 Å². The summed E-state index contributed by atoms with van der Waals surface area (Å²) in [4.78, 5) is 24.3. The van der Waals surface area contributed by atoms with E-state index in [1.807, 2.05) is 29.6 Å². The van der Waals surface area contributed by atoms with Crippen LogP contribution in [-0.4, -0.2) is 11.9 Å². The molecule has 0 saturated heterocycles. The maximum absolute atomic E-state index is 12.6. The molecule has 4 nitrogen and oxygen atoms in total. The van der Waals surface area contributed by atoms with Crippen LogP contribution in [0.3, 0.4) is 0 Å². The zero-order chi connectivity index (χ0) is 20.5. The molecule has 1 aromatic heterocycles. The third-order valence-electron chi connectivity index (χ3n) is 4.46. The van der Waals surface area contributed by atoms with Crippen molar-refractivity contribution in [2.75, 3.05) is 5.32 Å². The molecule has 0 aliphatic carbocycles. The molecule has 1 heterocycles. The van der Waals surface area contributed by atoms with Crippen LogP contribution in [0.25, 0.3) is 21.2 Å². The summed E-state index contributed by atoms with van der Waals surface area (Å²) in [5, 5.41) is 17.9. The van der Waals surface area contributed by atoms with Gasteiger partial charge in [-0.15, -0.1) is 11.3 Å². The number of halogens is 2. The van der Waals surface area contributed by atoms with Crippen LogP contribution in [0.1, 0.15) is 28.1 Å². The number of benzene rings is 3. The molecule has 0 unspecified atom stereocenters. The Morgan fingerprint density at radius 1 is 0.935 bits per heavy atom. The Bertz CT molecular complexity index is 1270. The average Bonchev–Trinajstić information content (AvgIpc) is 3.12. The quantitative estimate of drug-likeness (QED) is 0.472. The fourth-order valence-corrected chi connectivity index (χ4v) is 4.52. The minimum absolute atomic E-state index is 0. The molecule has 3 aromatic carbocycles. The SMILES string of the molecule is C.O=C(Nc1ccc(-c2csc3ccccc23)cc1C(=O)[O-])c1ccc(Cl)cc1Cl.[Li+]. The minimum Gasteiger partial charge on any atom is -0.545 e. The van der Waals surface area contributed by atoms with E-state index in [1.54, 1.807) is 23.5 Å². The number of anilines is 1. The fraction of sp³-hybridized carbons (Fsp3) is 0.0435. The summed E-state index contributed by atoms with van der Waals surface area (Å²) in [7, 11) is 0. The van der Waals surface area contributed by atoms with E-state index in [9.17, 15) is 14.7 Å². The van der Waals surface area contributed by atoms with E-state index in [4.69, 9.17) is 23.2 Å². The zero-order valence-electron chi connectivity index (χ0n) is 15.7. The second-order valence-electron chi connectivity index (χ2n) is 6.27. The van der Waals surface area contributed by atoms with Gasteiger partial charge in [0.2, 0.25) is 0 Å². The van der Waals surface area contributed by atoms with Crippen LogP contribution in [0, 0.1) is 0 Å². The van der Waals surface area contributed by atoms with E-state index in [0.717, 1.165) is 21.2 Å². The van der Waals surface area contributed by atoms with E-state index in [0.29, 0.717) is 5.02 Å². The molecule has 0 fully saturated rings. The van der Waals surface area contributed by atoms with Gasteiger partial charge in [-0.1, -0.05) is 54.9 Å². The first-order valence-electron chi connectivity index (χ1n) is 8.52. The van der Waals surface area contributed by atoms with Crippen LogP contribution in [-0.2, 0) is 0 Å². The number of hydrogen-bond donors (Lipinski definition) is 1. The standard InChI is InChI=1S/C22H13Cl2NO3S.CH4.Li/c23-13-6-7-15(18(24)10-13)21(26)25-19-8-5-12(9-16(19)22(27)28)17-11-29-20-4-2-1-3-14(17)20;;/h1-11H,(H,25,26)(H,27,28);1H4;/q;;+1/p-1. The molecule has 4 aromatic rings. The van der Waals surface area contributed by atoms with Gasteiger partial charge in [-0.05, 0) is 47.3 Å². The van der Waals surface area contributed by atoms with Crippen molar-refractivity contribution in [3.8, 4) is 11.1 Å². The van der Waals surface area contributed by atoms with Crippen molar-refractivity contribution in [1.29, 1.82) is 0 Å². The first-order chi connectivity index (χ1) is 13.9. The molecular formula is C23H16Cl2LiNO3S. The van der Waals surface area contributed by atoms with Crippen molar-refractivity contribution in [2.24, 2.45) is 0 Å². The van der Waals surface area contributed by atoms with Crippen molar-refractivity contribution >= 4 is 62.2 Å². The number of hydrogen-bond acceptors (Lipinski definition) is 4. The van der Waals surface area contributed by atoms with E-state index < -0.39 is 11.9 Å². The van der Waals surface area contributed by atoms with Crippen molar-refractivity contribution in [3.63, 3.8) is 0 Å². The Morgan fingerprint density at radius 2 is 1.68 bits per heavy atom. The van der Waals surface area contributed by atoms with Gasteiger partial charge in [0.05, 0.1) is 22.2 Å². The average molecular weight is 464 g/mol. The van der Waals surface area contributed by atoms with Crippen molar-refractivity contribution in [2.45, 2.75) is 7.43 Å². The van der Waals surface area contributed by atoms with Gasteiger partial charge in [-0.3, -0.25) is 4.79 Å². The molecule has 0 bridgehead atoms. The summed E-state index contributed by atoms with van der Waals surface area (Å²) in [6.45, 7) is 0. The summed E-state index contributed by atoms with van der Waals surface area (Å²) in [5.41, 5.74) is 1.85. The Morgan fingerprint density at radius 3 is 2.39 bits per heavy atom. The predicted octanol–water partition coefficient (Wildman–Crippen LogP) is 3.13. The Kier molecular flexibility index (Phi) is 8.36. The topological polar surface area (TPSA) is 69.2 Å². The van der Waals surface area contributed by atoms with Gasteiger partial charge in [0.15, 0.2) is 0 Å². The first-order valence-corrected chi connectivity index (χ1v) is 10.2. The molecule has 0 saturated carbocycles. The molecule has 152 valence electrons. The number of carbonyl (C=O) groups excluding carboxylic acids is 2. The van der Waals surface area contributed by atoms with Gasteiger partial charge >= 0.3 is 18.9 Å². The molecular weight excluding hydrogens is 448 g/mol. The normalized spacial score (nSPS) is 10.1. The second-order valence-corrected chi connectivity index (χ2v) is 8.03. The molecule has 4 rings (SSSR count). The summed E-state index contributed by atoms with van der Waals surface area (Å²) < 4.78 is 1.10. The summed E-state index contributed by atoms with van der Waals surface area (Å²) >= 11 is 13.5. The second kappa shape index (κ2) is 10.4. The third-order valence-corrected chi connectivity index (χ3v) is 5.97. The monoisotopic (exact) mass is 463 g/mol. The third kappa shape index (κ3) is 5.15. The number of amides is 1. The Hall–Kier alpha value is -2.26. The number of carboxylic acids is 1. The zero-order valence-corrected chi connectivity index (χ0v) is 18.1. The summed E-state index contributed by atoms with van der Waals surface area (Å²) in [5.74, 6) is -1.92. The largest absolute Gasteiger partial charge is 1.00 e. The minimum atomic E-state index is -1.39. The molecule has 0 aliphatic heterocycles. The van der Waals surface area contributed by atoms with Crippen molar-refractivity contribution in [3.05, 3.63) is 87.2 Å². The number of fused-ring (bicyclic) bond motifs is 1. The van der Waals surface area contributed by atoms with E-state index >= 15 is 0 Å². The van der Waals surface area contributed by atoms with Gasteiger partial charge in [0.25, 0.3) is 5.91 Å². The van der Waals surface area contributed by atoms with Crippen LogP contribution in [0.4, 0.5) is 5.69 Å². The predicted molar refractivity (Wildman–Crippen MR) is 123 cm³/mol. The van der Waals surface area contributed by atoms with Gasteiger partial charge in [-0.25, -0.2) is 0 Å². The maximum Gasteiger partial charge on any atom is 1.00 e. The van der Waals surface area contributed by atoms with E-state index in [1.165, 1.54) is 24.3 Å². The van der Waals surface area contributed by atoms with Crippen LogP contribution >= 0.6 is 34.5 Å². The molecule has 0 atom stereocenters. The molecule has 1 amide bonds. The maximum atomic E-state index is 12.6. The van der Waals surface area contributed by atoms with Crippen LogP contribution in [0.5, 0.6) is 0 Å². The molecule has 31 heavy (non-hydrogen) atoms. The molecule has 8 heteroatoms. The number of carboxylic acid groups (broad SMARTS) is 1. The number of carbonyl (C=O) groups is 2. The van der Waals surface area contributed by atoms with Crippen molar-refractivity contribution in [1.82, 2.24) is 0 Å². The molecule has 0 spiro atoms. The smallest absolute Gasteiger partial charge is 0.545 e. The summed E-state index contributed by atoms with van der Waals surface area (Å²) in [6, 6.07) is 17.2. The van der Waals surface area contributed by atoms with Crippen LogP contribution < -0.4 is 29.3 Å². The molecule has 1 N–H and O–H groups in total. The molecule has 0 aliphatic rings. The van der Waals surface area contributed by atoms with Gasteiger partial charge < -0.3 is 15.2 Å². The number of thiophene rings is 1. The Balaban J connectivity index is 0.00000171. The first kappa shape index (κ1) is 25.0. The van der Waals surface area contributed by atoms with Crippen LogP contribution in [0.2, 0.25) is 10.0 Å². The fourth-order valence-electron chi connectivity index (χ4n) is 3.05. The molecule has 0 radical (unpaired) electrons. The number of aromatic carboxylic acids is 1. The van der Waals surface area contributed by atoms with E-state index in [2.05, 4.69) is 5.32 Å². The summed E-state index contributed by atoms with van der Waals surface area (Å²) in [6.07, 6.45) is 0. The number of rotatable bonds is 4. The van der Waals surface area contributed by atoms with Crippen molar-refractivity contribution < 1.29 is 33.6 Å². The number of nitrogens with one attached hydrogen (secondary N) is 1. The van der Waals surface area contributed by atoms with Crippen LogP contribution in [0.15, 0.2) is 66.0 Å². The van der Waals surface area contributed by atoms with E-state index in [-0.39, 0.29) is 48.1 Å². The Labute approximate surface area is 206 Å². The van der Waals surface area contributed by atoms with Gasteiger partial charge in [-0.2, -0.15) is 0 Å².